The summed E-state index contributed by atoms with van der Waals surface area (Å²) >= 11 is 0. The van der Waals surface area contributed by atoms with Crippen molar-refractivity contribution in [3.63, 3.8) is 0 Å². The van der Waals surface area contributed by atoms with Gasteiger partial charge in [-0.2, -0.15) is 0 Å². The van der Waals surface area contributed by atoms with Crippen LogP contribution in [0.3, 0.4) is 0 Å². The van der Waals surface area contributed by atoms with Crippen LogP contribution in [-0.4, -0.2) is 30.6 Å². The van der Waals surface area contributed by atoms with Crippen LogP contribution in [0.2, 0.25) is 0 Å². The number of nitrogens with two attached hydrogens (primary N) is 1. The molecule has 0 radical (unpaired) electrons. The predicted octanol–water partition coefficient (Wildman–Crippen LogP) is 0.977. The Hall–Kier alpha value is -0.810. The third-order valence-corrected chi connectivity index (χ3v) is 2.16. The van der Waals surface area contributed by atoms with E-state index in [2.05, 4.69) is 5.32 Å². The van der Waals surface area contributed by atoms with Gasteiger partial charge in [0.2, 0.25) is 0 Å². The molecule has 0 spiro atoms. The summed E-state index contributed by atoms with van der Waals surface area (Å²) in [6, 6.07) is 0. The van der Waals surface area contributed by atoms with Crippen molar-refractivity contribution in [2.45, 2.75) is 44.9 Å². The van der Waals surface area contributed by atoms with Crippen molar-refractivity contribution in [1.29, 1.82) is 0 Å². The highest BCUT2D eigenvalue weighted by Crippen LogP contribution is 2.22. The molecule has 0 aromatic heterocycles. The van der Waals surface area contributed by atoms with Crippen LogP contribution >= 0.6 is 0 Å². The molecule has 0 bridgehead atoms. The lowest BCUT2D eigenvalue weighted by molar-refractivity contribution is -0.0279. The normalized spacial score (nSPS) is 26.4. The molecule has 1 amide bonds. The van der Waals surface area contributed by atoms with E-state index in [1.807, 2.05) is 20.8 Å². The quantitative estimate of drug-likeness (QED) is 0.721. The van der Waals surface area contributed by atoms with Crippen molar-refractivity contribution >= 4 is 6.09 Å². The third-order valence-electron chi connectivity index (χ3n) is 2.16. The number of amides is 1. The Morgan fingerprint density at radius 2 is 2.27 bits per heavy atom. The molecule has 1 fully saturated rings. The summed E-state index contributed by atoms with van der Waals surface area (Å²) in [4.78, 5) is 11.5. The molecule has 0 aromatic carbocycles. The van der Waals surface area contributed by atoms with Crippen LogP contribution in [0.5, 0.6) is 0 Å². The number of carbonyl (C=O) groups excluding carboxylic acids is 1. The summed E-state index contributed by atoms with van der Waals surface area (Å²) in [5, 5.41) is 2.69. The number of nitrogens with one attached hydrogen (secondary N) is 1. The topological polar surface area (TPSA) is 73.6 Å². The lowest BCUT2D eigenvalue weighted by atomic mass is 10.1. The maximum Gasteiger partial charge on any atom is 0.409 e. The van der Waals surface area contributed by atoms with Crippen molar-refractivity contribution in [3.8, 4) is 0 Å². The molecule has 5 heteroatoms. The van der Waals surface area contributed by atoms with E-state index in [9.17, 15) is 4.79 Å². The van der Waals surface area contributed by atoms with Gasteiger partial charge in [0.1, 0.15) is 5.60 Å². The van der Waals surface area contributed by atoms with Crippen LogP contribution in [0.25, 0.3) is 0 Å². The van der Waals surface area contributed by atoms with Crippen molar-refractivity contribution in [3.05, 3.63) is 0 Å². The molecule has 0 saturated carbocycles. The summed E-state index contributed by atoms with van der Waals surface area (Å²) < 4.78 is 10.6. The Morgan fingerprint density at radius 1 is 1.60 bits per heavy atom. The first kappa shape index (κ1) is 12.3. The van der Waals surface area contributed by atoms with Crippen LogP contribution in [0.4, 0.5) is 4.79 Å². The van der Waals surface area contributed by atoms with E-state index in [1.54, 1.807) is 0 Å². The molecule has 88 valence electrons. The highest BCUT2D eigenvalue weighted by atomic mass is 16.6. The molecule has 1 heterocycles. The van der Waals surface area contributed by atoms with Crippen LogP contribution in [0, 0.1) is 0 Å². The van der Waals surface area contributed by atoms with E-state index < -0.39 is 17.4 Å². The Morgan fingerprint density at radius 3 is 2.67 bits per heavy atom. The van der Waals surface area contributed by atoms with Gasteiger partial charge in [-0.05, 0) is 33.6 Å². The zero-order chi connectivity index (χ0) is 11.5. The van der Waals surface area contributed by atoms with Crippen molar-refractivity contribution in [1.82, 2.24) is 5.32 Å². The molecule has 1 unspecified atom stereocenters. The minimum absolute atomic E-state index is 0.270. The van der Waals surface area contributed by atoms with Crippen LogP contribution in [0.1, 0.15) is 33.6 Å². The summed E-state index contributed by atoms with van der Waals surface area (Å²) in [6.07, 6.45) is 1.17. The van der Waals surface area contributed by atoms with Gasteiger partial charge in [-0.15, -0.1) is 0 Å². The lowest BCUT2D eigenvalue weighted by Crippen LogP contribution is -2.54. The van der Waals surface area contributed by atoms with Gasteiger partial charge in [0.25, 0.3) is 0 Å². The molecule has 1 aliphatic rings. The molecule has 1 aliphatic heterocycles. The Labute approximate surface area is 90.3 Å². The highest BCUT2D eigenvalue weighted by Gasteiger charge is 2.36. The summed E-state index contributed by atoms with van der Waals surface area (Å²) in [7, 11) is 0. The minimum atomic E-state index is -0.720. The molecule has 1 saturated heterocycles. The summed E-state index contributed by atoms with van der Waals surface area (Å²) in [5.41, 5.74) is 4.36. The van der Waals surface area contributed by atoms with Gasteiger partial charge in [-0.3, -0.25) is 5.32 Å². The maximum absolute atomic E-state index is 11.5. The van der Waals surface area contributed by atoms with E-state index in [-0.39, 0.29) is 6.54 Å². The minimum Gasteiger partial charge on any atom is -0.444 e. The molecule has 15 heavy (non-hydrogen) atoms. The molecule has 1 rings (SSSR count). The second kappa shape index (κ2) is 4.37. The molecule has 0 aliphatic carbocycles. The van der Waals surface area contributed by atoms with Crippen molar-refractivity contribution in [2.75, 3.05) is 13.2 Å². The number of carbonyl (C=O) groups is 1. The zero-order valence-electron chi connectivity index (χ0n) is 9.63. The van der Waals surface area contributed by atoms with E-state index in [4.69, 9.17) is 15.2 Å². The lowest BCUT2D eigenvalue weighted by Gasteiger charge is -2.29. The molecule has 3 N–H and O–H groups in total. The van der Waals surface area contributed by atoms with Gasteiger partial charge in [0.05, 0.1) is 0 Å². The van der Waals surface area contributed by atoms with Gasteiger partial charge in [-0.1, -0.05) is 0 Å². The smallest absolute Gasteiger partial charge is 0.409 e. The first-order valence-electron chi connectivity index (χ1n) is 5.22. The average Bonchev–Trinajstić information content (AvgIpc) is 2.50. The predicted molar refractivity (Wildman–Crippen MR) is 56.3 cm³/mol. The second-order valence-corrected chi connectivity index (χ2v) is 4.78. The standard InChI is InChI=1S/C10H20N2O3/c1-9(2,3)15-8(13)12-10(7-11)5-4-6-14-10/h4-7,11H2,1-3H3,(H,12,13). The van der Waals surface area contributed by atoms with Crippen molar-refractivity contribution < 1.29 is 14.3 Å². The molecular weight excluding hydrogens is 196 g/mol. The monoisotopic (exact) mass is 216 g/mol. The van der Waals surface area contributed by atoms with Gasteiger partial charge in [0, 0.05) is 13.2 Å². The Balaban J connectivity index is 2.49. The fourth-order valence-electron chi connectivity index (χ4n) is 1.50. The van der Waals surface area contributed by atoms with Gasteiger partial charge in [0.15, 0.2) is 5.72 Å². The molecule has 0 aromatic rings. The van der Waals surface area contributed by atoms with E-state index in [0.29, 0.717) is 6.61 Å². The number of alkyl carbamates (subject to hydrolysis) is 1. The summed E-state index contributed by atoms with van der Waals surface area (Å²) in [6.45, 7) is 6.35. The number of ether oxygens (including phenoxy) is 2. The fourth-order valence-corrected chi connectivity index (χ4v) is 1.50. The number of rotatable bonds is 2. The van der Waals surface area contributed by atoms with Crippen LogP contribution < -0.4 is 11.1 Å². The Kier molecular flexibility index (Phi) is 3.57. The van der Waals surface area contributed by atoms with E-state index in [0.717, 1.165) is 12.8 Å². The number of hydrogen-bond donors (Lipinski definition) is 2. The largest absolute Gasteiger partial charge is 0.444 e. The molecule has 5 nitrogen and oxygen atoms in total. The summed E-state index contributed by atoms with van der Waals surface area (Å²) in [5.74, 6) is 0. The van der Waals surface area contributed by atoms with Crippen molar-refractivity contribution in [2.24, 2.45) is 5.73 Å². The highest BCUT2D eigenvalue weighted by molar-refractivity contribution is 5.68. The van der Waals surface area contributed by atoms with Gasteiger partial charge in [-0.25, -0.2) is 4.79 Å². The number of hydrogen-bond acceptors (Lipinski definition) is 4. The maximum atomic E-state index is 11.5. The molecular formula is C10H20N2O3. The third kappa shape index (κ3) is 3.68. The van der Waals surface area contributed by atoms with E-state index in [1.165, 1.54) is 0 Å². The zero-order valence-corrected chi connectivity index (χ0v) is 9.63. The first-order valence-corrected chi connectivity index (χ1v) is 5.22. The van der Waals surface area contributed by atoms with Gasteiger partial charge < -0.3 is 15.2 Å². The average molecular weight is 216 g/mol. The Bertz CT molecular complexity index is 229. The second-order valence-electron chi connectivity index (χ2n) is 4.78. The molecule has 1 atom stereocenters. The van der Waals surface area contributed by atoms with Crippen LogP contribution in [0.15, 0.2) is 0 Å². The van der Waals surface area contributed by atoms with Gasteiger partial charge >= 0.3 is 6.09 Å². The van der Waals surface area contributed by atoms with Crippen LogP contribution in [-0.2, 0) is 9.47 Å². The SMILES string of the molecule is CC(C)(C)OC(=O)NC1(CN)CCCO1. The van der Waals surface area contributed by atoms with E-state index >= 15 is 0 Å². The fraction of sp³-hybridized carbons (Fsp3) is 0.900. The first-order chi connectivity index (χ1) is 6.87.